The van der Waals surface area contributed by atoms with E-state index in [1.807, 2.05) is 0 Å². The molecule has 0 unspecified atom stereocenters. The number of aromatic hydroxyl groups is 1. The number of nitrogens with zero attached hydrogens (tertiary/aromatic N) is 5. The van der Waals surface area contributed by atoms with Gasteiger partial charge < -0.3 is 19.1 Å². The van der Waals surface area contributed by atoms with E-state index in [2.05, 4.69) is 4.98 Å². The lowest BCUT2D eigenvalue weighted by molar-refractivity contribution is -0.116. The highest BCUT2D eigenvalue weighted by Gasteiger charge is 2.45. The molecule has 0 spiro atoms. The molecule has 2 aromatic heterocycles. The third kappa shape index (κ3) is 4.44. The second-order valence-electron chi connectivity index (χ2n) is 11.8. The summed E-state index contributed by atoms with van der Waals surface area (Å²) >= 11 is 0. The smallest absolute Gasteiger partial charge is 0.347 e. The summed E-state index contributed by atoms with van der Waals surface area (Å²) in [6.07, 6.45) is 3.13. The minimum atomic E-state index is -0.787. The van der Waals surface area contributed by atoms with Gasteiger partial charge in [0.25, 0.3) is 5.56 Å². The van der Waals surface area contributed by atoms with Crippen molar-refractivity contribution < 1.29 is 24.2 Å². The van der Waals surface area contributed by atoms with E-state index in [-0.39, 0.29) is 71.2 Å². The fourth-order valence-corrected chi connectivity index (χ4v) is 7.07. The Morgan fingerprint density at radius 1 is 1.00 bits per heavy atom. The molecule has 2 aromatic carbocycles. The van der Waals surface area contributed by atoms with E-state index in [4.69, 9.17) is 9.47 Å². The van der Waals surface area contributed by atoms with E-state index in [9.17, 15) is 29.1 Å². The molecule has 13 nitrogen and oxygen atoms in total. The fraction of sp³-hybridized carbons (Fsp3) is 0.294. The minimum Gasteiger partial charge on any atom is -0.508 e. The summed E-state index contributed by atoms with van der Waals surface area (Å²) in [5.41, 5.74) is 1.50. The van der Waals surface area contributed by atoms with Gasteiger partial charge in [-0.25, -0.2) is 28.5 Å². The number of allylic oxidation sites excluding steroid dienone is 6. The van der Waals surface area contributed by atoms with Crippen molar-refractivity contribution in [3.8, 4) is 17.2 Å². The molecule has 7 rings (SSSR count). The molecule has 2 aliphatic carbocycles. The Kier molecular flexibility index (Phi) is 6.99. The van der Waals surface area contributed by atoms with Gasteiger partial charge in [0.1, 0.15) is 11.4 Å². The van der Waals surface area contributed by atoms with E-state index in [0.29, 0.717) is 33.7 Å². The van der Waals surface area contributed by atoms with Crippen molar-refractivity contribution in [3.63, 3.8) is 0 Å². The maximum absolute atomic E-state index is 14.0. The first-order valence-electron chi connectivity index (χ1n) is 15.1. The van der Waals surface area contributed by atoms with Crippen LogP contribution in [-0.2, 0) is 36.1 Å². The molecule has 4 aromatic rings. The highest BCUT2D eigenvalue weighted by Crippen LogP contribution is 2.51. The molecule has 1 N–H and O–H groups in total. The number of ketones is 2. The Labute approximate surface area is 266 Å². The standard InChI is InChI=1S/C34H31N5O8/c1-17-13-26(41)30-20(31(17)42)14-23-18(29(30)19-7-5-6-8-25(19)40)9-12-38-33(44)37(34(45)39(23)38)11-10-21-32(43)36(2)24-16-28(47-4)27(46-3)15-22(24)35-21/h5-9,13,15-16,23,29,40H,10-12,14H2,1-4H3/t23-,29-/m1/s1. The van der Waals surface area contributed by atoms with E-state index >= 15 is 0 Å². The first-order valence-corrected chi connectivity index (χ1v) is 15.1. The van der Waals surface area contributed by atoms with E-state index < -0.39 is 23.3 Å². The lowest BCUT2D eigenvalue weighted by Gasteiger charge is -2.39. The average Bonchev–Trinajstić information content (AvgIpc) is 3.31. The largest absolute Gasteiger partial charge is 0.508 e. The number of phenolic OH excluding ortho intramolecular Hbond substituents is 1. The van der Waals surface area contributed by atoms with Crippen molar-refractivity contribution in [2.75, 3.05) is 14.2 Å². The number of Topliss-reactive ketones (excluding diaryl/α,β-unsaturated/α-hetero) is 1. The van der Waals surface area contributed by atoms with Crippen molar-refractivity contribution >= 4 is 22.6 Å². The van der Waals surface area contributed by atoms with Crippen LogP contribution in [0, 0.1) is 0 Å². The predicted octanol–water partition coefficient (Wildman–Crippen LogP) is 2.09. The summed E-state index contributed by atoms with van der Waals surface area (Å²) in [6.45, 7) is 1.49. The summed E-state index contributed by atoms with van der Waals surface area (Å²) in [4.78, 5) is 72.3. The number of phenols is 1. The molecule has 2 atom stereocenters. The zero-order valence-electron chi connectivity index (χ0n) is 26.1. The topological polar surface area (TPSA) is 157 Å². The lowest BCUT2D eigenvalue weighted by Crippen LogP contribution is -2.40. The Morgan fingerprint density at radius 2 is 1.72 bits per heavy atom. The number of benzene rings is 2. The molecule has 0 saturated heterocycles. The second kappa shape index (κ2) is 11.0. The molecule has 3 aliphatic rings. The predicted molar refractivity (Wildman–Crippen MR) is 170 cm³/mol. The molecule has 1 aliphatic heterocycles. The second-order valence-corrected chi connectivity index (χ2v) is 11.8. The van der Waals surface area contributed by atoms with Crippen LogP contribution < -0.4 is 26.4 Å². The third-order valence-corrected chi connectivity index (χ3v) is 9.38. The molecule has 47 heavy (non-hydrogen) atoms. The third-order valence-electron chi connectivity index (χ3n) is 9.38. The summed E-state index contributed by atoms with van der Waals surface area (Å²) in [5.74, 6) is -0.586. The highest BCUT2D eigenvalue weighted by atomic mass is 16.5. The fourth-order valence-electron chi connectivity index (χ4n) is 7.07. The molecule has 240 valence electrons. The Morgan fingerprint density at radius 3 is 2.45 bits per heavy atom. The van der Waals surface area contributed by atoms with Crippen molar-refractivity contribution in [1.82, 2.24) is 23.5 Å². The van der Waals surface area contributed by atoms with Crippen LogP contribution in [0.2, 0.25) is 0 Å². The van der Waals surface area contributed by atoms with E-state index in [0.717, 1.165) is 4.57 Å². The Hall–Kier alpha value is -5.72. The molecule has 0 bridgehead atoms. The summed E-state index contributed by atoms with van der Waals surface area (Å²) in [7, 11) is 4.60. The van der Waals surface area contributed by atoms with E-state index in [1.54, 1.807) is 50.4 Å². The van der Waals surface area contributed by atoms with Crippen LogP contribution in [0.1, 0.15) is 36.6 Å². The summed E-state index contributed by atoms with van der Waals surface area (Å²) in [5, 5.41) is 10.9. The molecule has 0 amide bonds. The zero-order chi connectivity index (χ0) is 33.3. The van der Waals surface area contributed by atoms with Gasteiger partial charge in [-0.2, -0.15) is 0 Å². The monoisotopic (exact) mass is 637 g/mol. The minimum absolute atomic E-state index is 0.00609. The zero-order valence-corrected chi connectivity index (χ0v) is 26.1. The van der Waals surface area contributed by atoms with Gasteiger partial charge in [-0.05, 0) is 24.6 Å². The van der Waals surface area contributed by atoms with Gasteiger partial charge in [0.15, 0.2) is 23.1 Å². The SMILES string of the molecule is COc1cc2nc(CCn3c(=O)n4n(c3=O)[C@@H]3CC5=C(C(=O)C=C(C)C5=O)[C@@H](c5ccccc5O)C3=CC4)c(=O)n(C)c2cc1OC. The number of aromatic nitrogens is 5. The number of para-hydroxylation sites is 1. The van der Waals surface area contributed by atoms with Gasteiger partial charge in [0, 0.05) is 66.8 Å². The van der Waals surface area contributed by atoms with Crippen LogP contribution in [0.25, 0.3) is 11.0 Å². The van der Waals surface area contributed by atoms with Crippen LogP contribution in [0.4, 0.5) is 0 Å². The molecular formula is C34H31N5O8. The van der Waals surface area contributed by atoms with Gasteiger partial charge in [0.2, 0.25) is 0 Å². The first-order chi connectivity index (χ1) is 22.5. The molecule has 0 saturated carbocycles. The van der Waals surface area contributed by atoms with Crippen molar-refractivity contribution in [1.29, 1.82) is 0 Å². The number of rotatable bonds is 6. The molecule has 0 radical (unpaired) electrons. The maximum Gasteiger partial charge on any atom is 0.347 e. The quantitative estimate of drug-likeness (QED) is 0.247. The van der Waals surface area contributed by atoms with Crippen LogP contribution in [0.3, 0.4) is 0 Å². The number of aryl methyl sites for hydroxylation is 2. The van der Waals surface area contributed by atoms with Crippen molar-refractivity contribution in [2.24, 2.45) is 7.05 Å². The number of methoxy groups -OCH3 is 2. The molecule has 3 heterocycles. The van der Waals surface area contributed by atoms with Crippen molar-refractivity contribution in [3.05, 3.63) is 113 Å². The number of carbonyl (C=O) groups excluding carboxylic acids is 2. The Bertz CT molecular complexity index is 2330. The highest BCUT2D eigenvalue weighted by molar-refractivity contribution is 6.23. The number of carbonyl (C=O) groups is 2. The number of ether oxygens (including phenoxy) is 2. The van der Waals surface area contributed by atoms with Gasteiger partial charge in [-0.1, -0.05) is 24.3 Å². The first kappa shape index (κ1) is 30.0. The average molecular weight is 638 g/mol. The van der Waals surface area contributed by atoms with Gasteiger partial charge in [-0.15, -0.1) is 0 Å². The van der Waals surface area contributed by atoms with Gasteiger partial charge in [0.05, 0.1) is 37.8 Å². The lowest BCUT2D eigenvalue weighted by atomic mass is 9.68. The van der Waals surface area contributed by atoms with Crippen LogP contribution >= 0.6 is 0 Å². The normalized spacial score (nSPS) is 18.8. The summed E-state index contributed by atoms with van der Waals surface area (Å²) in [6, 6.07) is 9.15. The molecule has 0 fully saturated rings. The van der Waals surface area contributed by atoms with Gasteiger partial charge in [-0.3, -0.25) is 14.4 Å². The maximum atomic E-state index is 14.0. The number of hydrogen-bond donors (Lipinski definition) is 1. The number of fused-ring (bicyclic) bond motifs is 4. The Balaban J connectivity index is 1.29. The van der Waals surface area contributed by atoms with Crippen molar-refractivity contribution in [2.45, 2.75) is 44.8 Å². The molecule has 13 heteroatoms. The molecular weight excluding hydrogens is 606 g/mol. The van der Waals surface area contributed by atoms with E-state index in [1.165, 1.54) is 40.3 Å². The summed E-state index contributed by atoms with van der Waals surface area (Å²) < 4.78 is 15.9. The van der Waals surface area contributed by atoms with Crippen LogP contribution in [0.15, 0.2) is 85.2 Å². The van der Waals surface area contributed by atoms with Gasteiger partial charge >= 0.3 is 11.4 Å². The van der Waals surface area contributed by atoms with Crippen LogP contribution in [-0.4, -0.2) is 54.4 Å². The van der Waals surface area contributed by atoms with Crippen LogP contribution in [0.5, 0.6) is 17.2 Å². The number of hydrogen-bond acceptors (Lipinski definition) is 9.